The molecule has 1 spiro atoms. The van der Waals surface area contributed by atoms with E-state index in [1.165, 1.54) is 38.5 Å². The summed E-state index contributed by atoms with van der Waals surface area (Å²) in [5.41, 5.74) is 7.50. The molecule has 1 aromatic rings. The standard InChI is InChI=1S/C14H20BrN3/c15-11-9-12(16)13(17-10-11)18-7-5-14(6-8-18)3-1-2-4-14/h9-10H,1-8,16H2. The van der Waals surface area contributed by atoms with Gasteiger partial charge in [0.2, 0.25) is 0 Å². The lowest BCUT2D eigenvalue weighted by Crippen LogP contribution is -2.39. The zero-order chi connectivity index (χ0) is 12.6. The van der Waals surface area contributed by atoms with Crippen LogP contribution in [0.5, 0.6) is 0 Å². The summed E-state index contributed by atoms with van der Waals surface area (Å²) in [6.45, 7) is 2.22. The Kier molecular flexibility index (Phi) is 3.22. The molecule has 0 radical (unpaired) electrons. The molecule has 0 atom stereocenters. The summed E-state index contributed by atoms with van der Waals surface area (Å²) >= 11 is 3.41. The first kappa shape index (κ1) is 12.3. The minimum Gasteiger partial charge on any atom is -0.396 e. The van der Waals surface area contributed by atoms with Gasteiger partial charge >= 0.3 is 0 Å². The fraction of sp³-hybridized carbons (Fsp3) is 0.643. The van der Waals surface area contributed by atoms with Gasteiger partial charge in [-0.25, -0.2) is 4.98 Å². The van der Waals surface area contributed by atoms with Crippen LogP contribution in [0.4, 0.5) is 11.5 Å². The van der Waals surface area contributed by atoms with Crippen molar-refractivity contribution in [3.05, 3.63) is 16.7 Å². The second-order valence-electron chi connectivity index (χ2n) is 5.76. The van der Waals surface area contributed by atoms with Gasteiger partial charge in [0.05, 0.1) is 5.69 Å². The van der Waals surface area contributed by atoms with Crippen LogP contribution in [-0.2, 0) is 0 Å². The minimum absolute atomic E-state index is 0.653. The highest BCUT2D eigenvalue weighted by Gasteiger charge is 2.37. The van der Waals surface area contributed by atoms with Crippen LogP contribution in [0.2, 0.25) is 0 Å². The fourth-order valence-corrected chi connectivity index (χ4v) is 3.88. The Bertz CT molecular complexity index is 431. The van der Waals surface area contributed by atoms with E-state index in [4.69, 9.17) is 5.73 Å². The predicted molar refractivity (Wildman–Crippen MR) is 78.7 cm³/mol. The molecule has 98 valence electrons. The fourth-order valence-electron chi connectivity index (χ4n) is 3.53. The number of nitrogen functional groups attached to an aromatic ring is 1. The molecule has 1 aliphatic carbocycles. The number of rotatable bonds is 1. The lowest BCUT2D eigenvalue weighted by molar-refractivity contribution is 0.226. The molecule has 1 aromatic heterocycles. The number of anilines is 2. The van der Waals surface area contributed by atoms with Crippen molar-refractivity contribution in [3.63, 3.8) is 0 Å². The van der Waals surface area contributed by atoms with E-state index >= 15 is 0 Å². The Hall–Kier alpha value is -0.770. The molecule has 2 fully saturated rings. The first-order valence-electron chi connectivity index (χ1n) is 6.85. The molecule has 18 heavy (non-hydrogen) atoms. The Morgan fingerprint density at radius 3 is 2.44 bits per heavy atom. The van der Waals surface area contributed by atoms with Gasteiger partial charge in [0.25, 0.3) is 0 Å². The SMILES string of the molecule is Nc1cc(Br)cnc1N1CCC2(CCCC2)CC1. The number of halogens is 1. The van der Waals surface area contributed by atoms with Crippen LogP contribution < -0.4 is 10.6 Å². The average molecular weight is 310 g/mol. The van der Waals surface area contributed by atoms with Gasteiger partial charge in [-0.3, -0.25) is 0 Å². The minimum atomic E-state index is 0.653. The van der Waals surface area contributed by atoms with Crippen LogP contribution in [0, 0.1) is 5.41 Å². The summed E-state index contributed by atoms with van der Waals surface area (Å²) in [7, 11) is 0. The van der Waals surface area contributed by atoms with Gasteiger partial charge in [0, 0.05) is 23.8 Å². The lowest BCUT2D eigenvalue weighted by atomic mass is 9.77. The number of aromatic nitrogens is 1. The molecule has 3 rings (SSSR count). The summed E-state index contributed by atoms with van der Waals surface area (Å²) in [6.07, 6.45) is 10.2. The highest BCUT2D eigenvalue weighted by Crippen LogP contribution is 2.46. The summed E-state index contributed by atoms with van der Waals surface area (Å²) < 4.78 is 0.952. The molecule has 1 saturated heterocycles. The molecule has 2 heterocycles. The molecule has 0 amide bonds. The highest BCUT2D eigenvalue weighted by molar-refractivity contribution is 9.10. The zero-order valence-corrected chi connectivity index (χ0v) is 12.2. The van der Waals surface area contributed by atoms with Crippen LogP contribution in [0.3, 0.4) is 0 Å². The maximum absolute atomic E-state index is 6.06. The van der Waals surface area contributed by atoms with E-state index in [2.05, 4.69) is 25.8 Å². The van der Waals surface area contributed by atoms with Gasteiger partial charge < -0.3 is 10.6 Å². The number of hydrogen-bond acceptors (Lipinski definition) is 3. The van der Waals surface area contributed by atoms with Crippen molar-refractivity contribution in [3.8, 4) is 0 Å². The Morgan fingerprint density at radius 2 is 1.83 bits per heavy atom. The van der Waals surface area contributed by atoms with E-state index in [9.17, 15) is 0 Å². The molecule has 2 N–H and O–H groups in total. The van der Waals surface area contributed by atoms with Crippen molar-refractivity contribution >= 4 is 27.4 Å². The first-order valence-corrected chi connectivity index (χ1v) is 7.64. The molecule has 4 heteroatoms. The third-order valence-electron chi connectivity index (χ3n) is 4.65. The number of piperidine rings is 1. The molecular weight excluding hydrogens is 290 g/mol. The van der Waals surface area contributed by atoms with E-state index in [-0.39, 0.29) is 0 Å². The third kappa shape index (κ3) is 2.22. The maximum Gasteiger partial charge on any atom is 0.151 e. The smallest absolute Gasteiger partial charge is 0.151 e. The molecule has 1 aliphatic heterocycles. The van der Waals surface area contributed by atoms with Gasteiger partial charge in [-0.1, -0.05) is 12.8 Å². The zero-order valence-electron chi connectivity index (χ0n) is 10.7. The van der Waals surface area contributed by atoms with Crippen LogP contribution in [-0.4, -0.2) is 18.1 Å². The quantitative estimate of drug-likeness (QED) is 0.862. The summed E-state index contributed by atoms with van der Waals surface area (Å²) in [6, 6.07) is 1.95. The Labute approximate surface area is 117 Å². The van der Waals surface area contributed by atoms with Gasteiger partial charge in [0.1, 0.15) is 0 Å². The van der Waals surface area contributed by atoms with Gasteiger partial charge in [-0.05, 0) is 53.1 Å². The van der Waals surface area contributed by atoms with E-state index in [0.29, 0.717) is 5.41 Å². The van der Waals surface area contributed by atoms with Crippen molar-refractivity contribution < 1.29 is 0 Å². The van der Waals surface area contributed by atoms with E-state index in [1.54, 1.807) is 0 Å². The molecule has 0 bridgehead atoms. The number of pyridine rings is 1. The summed E-state index contributed by atoms with van der Waals surface area (Å²) in [4.78, 5) is 6.82. The van der Waals surface area contributed by atoms with Crippen molar-refractivity contribution in [2.24, 2.45) is 5.41 Å². The Balaban J connectivity index is 1.72. The normalized spacial score (nSPS) is 22.6. The number of nitrogens with two attached hydrogens (primary N) is 1. The van der Waals surface area contributed by atoms with Gasteiger partial charge in [-0.15, -0.1) is 0 Å². The first-order chi connectivity index (χ1) is 8.69. The molecule has 3 nitrogen and oxygen atoms in total. The highest BCUT2D eigenvalue weighted by atomic mass is 79.9. The van der Waals surface area contributed by atoms with Crippen molar-refractivity contribution in [1.82, 2.24) is 4.98 Å². The van der Waals surface area contributed by atoms with Crippen molar-refractivity contribution in [2.75, 3.05) is 23.7 Å². The third-order valence-corrected chi connectivity index (χ3v) is 5.08. The molecule has 0 aromatic carbocycles. The van der Waals surface area contributed by atoms with E-state index in [1.807, 2.05) is 12.3 Å². The topological polar surface area (TPSA) is 42.1 Å². The molecule has 1 saturated carbocycles. The van der Waals surface area contributed by atoms with Crippen molar-refractivity contribution in [2.45, 2.75) is 38.5 Å². The number of nitrogens with zero attached hydrogens (tertiary/aromatic N) is 2. The van der Waals surface area contributed by atoms with Crippen LogP contribution in [0.25, 0.3) is 0 Å². The largest absolute Gasteiger partial charge is 0.396 e. The summed E-state index contributed by atoms with van der Waals surface area (Å²) in [5, 5.41) is 0. The van der Waals surface area contributed by atoms with E-state index < -0.39 is 0 Å². The second kappa shape index (κ2) is 4.72. The molecule has 0 unspecified atom stereocenters. The van der Waals surface area contributed by atoms with Gasteiger partial charge in [-0.2, -0.15) is 0 Å². The van der Waals surface area contributed by atoms with Crippen molar-refractivity contribution in [1.29, 1.82) is 0 Å². The van der Waals surface area contributed by atoms with Crippen LogP contribution in [0.1, 0.15) is 38.5 Å². The average Bonchev–Trinajstić information content (AvgIpc) is 2.80. The molecule has 2 aliphatic rings. The monoisotopic (exact) mass is 309 g/mol. The summed E-state index contributed by atoms with van der Waals surface area (Å²) in [5.74, 6) is 0.964. The van der Waals surface area contributed by atoms with Crippen LogP contribution >= 0.6 is 15.9 Å². The number of hydrogen-bond donors (Lipinski definition) is 1. The van der Waals surface area contributed by atoms with Crippen LogP contribution in [0.15, 0.2) is 16.7 Å². The lowest BCUT2D eigenvalue weighted by Gasteiger charge is -2.40. The predicted octanol–water partition coefficient (Wildman–Crippen LogP) is 3.59. The second-order valence-corrected chi connectivity index (χ2v) is 6.68. The van der Waals surface area contributed by atoms with E-state index in [0.717, 1.165) is 29.1 Å². The maximum atomic E-state index is 6.06. The Morgan fingerprint density at radius 1 is 1.17 bits per heavy atom. The van der Waals surface area contributed by atoms with Gasteiger partial charge in [0.15, 0.2) is 5.82 Å². The molecular formula is C14H20BrN3.